The molecule has 10 heavy (non-hydrogen) atoms. The predicted octanol–water partition coefficient (Wildman–Crippen LogP) is 2.89. The van der Waals surface area contributed by atoms with Gasteiger partial charge in [0, 0.05) is 0 Å². The van der Waals surface area contributed by atoms with Gasteiger partial charge in [0.25, 0.3) is 0 Å². The summed E-state index contributed by atoms with van der Waals surface area (Å²) < 4.78 is 0. The minimum Gasteiger partial charge on any atom is -0.379 e. The average molecular weight is 150 g/mol. The van der Waals surface area contributed by atoms with Gasteiger partial charge >= 0.3 is 0 Å². The molecule has 0 aliphatic rings. The Labute approximate surface area is 62.1 Å². The summed E-state index contributed by atoms with van der Waals surface area (Å²) >= 11 is 0. The van der Waals surface area contributed by atoms with Gasteiger partial charge in [-0.25, -0.2) is 0 Å². The highest BCUT2D eigenvalue weighted by Crippen LogP contribution is 1.95. The van der Waals surface area contributed by atoms with Crippen molar-refractivity contribution in [3.05, 3.63) is 4.91 Å². The second-order valence-electron chi connectivity index (χ2n) is 1.79. The summed E-state index contributed by atoms with van der Waals surface area (Å²) in [6, 6.07) is 0. The molecule has 0 radical (unpaired) electrons. The van der Waals surface area contributed by atoms with Gasteiger partial charge in [-0.2, -0.15) is 0 Å². The van der Waals surface area contributed by atoms with Crippen molar-refractivity contribution in [3.63, 3.8) is 0 Å². The fourth-order valence-corrected chi connectivity index (χ4v) is 0.500. The fourth-order valence-electron chi connectivity index (χ4n) is 0.500. The van der Waals surface area contributed by atoms with Gasteiger partial charge in [-0.1, -0.05) is 39.5 Å². The van der Waals surface area contributed by atoms with E-state index in [9.17, 15) is 0 Å². The highest BCUT2D eigenvalue weighted by atomic mass is 16.6. The van der Waals surface area contributed by atoms with Crippen molar-refractivity contribution >= 4 is 0 Å². The second-order valence-corrected chi connectivity index (χ2v) is 1.79. The van der Waals surface area contributed by atoms with Gasteiger partial charge in [-0.15, -0.1) is 4.91 Å². The van der Waals surface area contributed by atoms with E-state index in [1.54, 1.807) is 0 Å². The van der Waals surface area contributed by atoms with Crippen LogP contribution in [-0.4, -0.2) is 5.21 Å². The number of hydrogen-bond donors (Lipinski definition) is 2. The van der Waals surface area contributed by atoms with Gasteiger partial charge < -0.3 is 11.4 Å². The zero-order valence-electron chi connectivity index (χ0n) is 6.84. The summed E-state index contributed by atoms with van der Waals surface area (Å²) in [6.45, 7) is 4.46. The van der Waals surface area contributed by atoms with E-state index in [2.05, 4.69) is 13.8 Å². The molecule has 0 atom stereocenters. The summed E-state index contributed by atoms with van der Waals surface area (Å²) in [6.07, 6.45) is 5.54. The van der Waals surface area contributed by atoms with Crippen LogP contribution in [0.4, 0.5) is 0 Å². The lowest BCUT2D eigenvalue weighted by Gasteiger charge is -1.86. The van der Waals surface area contributed by atoms with Gasteiger partial charge in [0.1, 0.15) is 0 Å². The van der Waals surface area contributed by atoms with Crippen molar-refractivity contribution in [1.82, 2.24) is 6.15 Å². The van der Waals surface area contributed by atoms with E-state index in [0.717, 1.165) is 0 Å². The van der Waals surface area contributed by atoms with Crippen LogP contribution in [0.25, 0.3) is 0 Å². The summed E-state index contributed by atoms with van der Waals surface area (Å²) in [4.78, 5) is 8.11. The smallest absolute Gasteiger partial charge is 0.152 e. The van der Waals surface area contributed by atoms with E-state index in [-0.39, 0.29) is 6.15 Å². The first-order valence-electron chi connectivity index (χ1n) is 3.30. The zero-order chi connectivity index (χ0) is 7.54. The van der Waals surface area contributed by atoms with Gasteiger partial charge in [0.05, 0.1) is 0 Å². The molecule has 0 bridgehead atoms. The third-order valence-corrected chi connectivity index (χ3v) is 0.957. The van der Waals surface area contributed by atoms with Crippen molar-refractivity contribution in [2.45, 2.75) is 39.5 Å². The molecule has 0 aliphatic carbocycles. The van der Waals surface area contributed by atoms with Crippen LogP contribution in [0.15, 0.2) is 5.34 Å². The highest BCUT2D eigenvalue weighted by Gasteiger charge is 1.75. The first-order valence-corrected chi connectivity index (χ1v) is 3.30. The molecule has 0 saturated carbocycles. The van der Waals surface area contributed by atoms with Crippen molar-refractivity contribution in [3.8, 4) is 0 Å². The normalized spacial score (nSPS) is 6.60. The Kier molecular flexibility index (Phi) is 38.5. The van der Waals surface area contributed by atoms with Crippen LogP contribution in [0, 0.1) is 4.91 Å². The molecule has 0 spiro atoms. The number of unbranched alkanes of at least 4 members (excludes halogenated alkanes) is 3. The molecule has 64 valence electrons. The Morgan fingerprint density at radius 2 is 1.40 bits per heavy atom. The molecule has 0 aromatic carbocycles. The molecular formula is C6H18N2O2. The van der Waals surface area contributed by atoms with Crippen LogP contribution in [0.1, 0.15) is 39.5 Å². The third-order valence-electron chi connectivity index (χ3n) is 0.957. The topological polar surface area (TPSA) is 84.7 Å². The first kappa shape index (κ1) is 16.2. The quantitative estimate of drug-likeness (QED) is 0.368. The minimum absolute atomic E-state index is 0. The molecule has 0 amide bonds. The van der Waals surface area contributed by atoms with Crippen LogP contribution in [0.2, 0.25) is 0 Å². The monoisotopic (exact) mass is 150 g/mol. The SMILES string of the molecule is CCCCCC.N.O=NO. The van der Waals surface area contributed by atoms with E-state index >= 15 is 0 Å². The van der Waals surface area contributed by atoms with E-state index in [4.69, 9.17) is 10.1 Å². The van der Waals surface area contributed by atoms with Crippen molar-refractivity contribution in [1.29, 1.82) is 0 Å². The maximum absolute atomic E-state index is 8.11. The molecule has 4 heteroatoms. The molecule has 0 aliphatic heterocycles. The van der Waals surface area contributed by atoms with Gasteiger partial charge in [-0.3, -0.25) is 0 Å². The first-order chi connectivity index (χ1) is 4.33. The highest BCUT2D eigenvalue weighted by molar-refractivity contribution is 4.31. The lowest BCUT2D eigenvalue weighted by atomic mass is 10.2. The third kappa shape index (κ3) is 53.5. The van der Waals surface area contributed by atoms with Crippen LogP contribution < -0.4 is 6.15 Å². The van der Waals surface area contributed by atoms with Crippen molar-refractivity contribution in [2.24, 2.45) is 5.34 Å². The zero-order valence-corrected chi connectivity index (χ0v) is 6.84. The molecule has 0 heterocycles. The predicted molar refractivity (Wildman–Crippen MR) is 42.4 cm³/mol. The fraction of sp³-hybridized carbons (Fsp3) is 1.00. The molecular weight excluding hydrogens is 132 g/mol. The molecule has 0 saturated heterocycles. The molecule has 4 nitrogen and oxygen atoms in total. The Morgan fingerprint density at radius 1 is 1.20 bits per heavy atom. The van der Waals surface area contributed by atoms with E-state index < -0.39 is 0 Å². The van der Waals surface area contributed by atoms with Gasteiger partial charge in [-0.05, 0) is 0 Å². The number of hydrogen-bond acceptors (Lipinski definition) is 3. The second kappa shape index (κ2) is 23.8. The largest absolute Gasteiger partial charge is 0.379 e. The summed E-state index contributed by atoms with van der Waals surface area (Å²) in [5, 5.41) is 7.89. The van der Waals surface area contributed by atoms with Crippen LogP contribution in [0.3, 0.4) is 0 Å². The average Bonchev–Trinajstić information content (AvgIpc) is 1.86. The number of rotatable bonds is 3. The molecule has 0 aromatic rings. The molecule has 0 fully saturated rings. The molecule has 0 aromatic heterocycles. The van der Waals surface area contributed by atoms with Gasteiger partial charge in [0.15, 0.2) is 5.34 Å². The maximum Gasteiger partial charge on any atom is 0.152 e. The van der Waals surface area contributed by atoms with Crippen molar-refractivity contribution < 1.29 is 5.21 Å². The Bertz CT molecular complexity index is 47.0. The molecule has 0 unspecified atom stereocenters. The standard InChI is InChI=1S/C6H14.HNO2.H3N/c1-3-5-6-4-2;2-1-3;/h3-6H2,1-2H3;(H,2,3);1H3. The summed E-state index contributed by atoms with van der Waals surface area (Å²) in [7, 11) is 0. The Morgan fingerprint density at radius 3 is 1.50 bits per heavy atom. The summed E-state index contributed by atoms with van der Waals surface area (Å²) in [5.41, 5.74) is 0. The Hall–Kier alpha value is -0.640. The molecule has 0 rings (SSSR count). The van der Waals surface area contributed by atoms with Crippen LogP contribution in [-0.2, 0) is 0 Å². The molecule has 4 N–H and O–H groups in total. The minimum atomic E-state index is 0. The summed E-state index contributed by atoms with van der Waals surface area (Å²) in [5.74, 6) is 0. The Balaban J connectivity index is -0.000000107. The van der Waals surface area contributed by atoms with E-state index in [0.29, 0.717) is 0 Å². The van der Waals surface area contributed by atoms with Gasteiger partial charge in [0.2, 0.25) is 0 Å². The van der Waals surface area contributed by atoms with Crippen LogP contribution >= 0.6 is 0 Å². The lowest BCUT2D eigenvalue weighted by Crippen LogP contribution is -1.66. The van der Waals surface area contributed by atoms with E-state index in [1.807, 2.05) is 0 Å². The van der Waals surface area contributed by atoms with Crippen LogP contribution in [0.5, 0.6) is 0 Å². The maximum atomic E-state index is 8.11. The van der Waals surface area contributed by atoms with Crippen molar-refractivity contribution in [2.75, 3.05) is 0 Å². The number of nitrogens with zero attached hydrogens (tertiary/aromatic N) is 1. The van der Waals surface area contributed by atoms with E-state index in [1.165, 1.54) is 31.0 Å². The lowest BCUT2D eigenvalue weighted by molar-refractivity contribution is 0.312.